The van der Waals surface area contributed by atoms with Gasteiger partial charge in [0.05, 0.1) is 11.4 Å². The number of anilines is 1. The number of fused-ring (bicyclic) bond motifs is 1. The molecule has 1 aliphatic heterocycles. The molecule has 11 heavy (non-hydrogen) atoms. The van der Waals surface area contributed by atoms with Crippen molar-refractivity contribution in [2.24, 2.45) is 5.10 Å². The molecule has 0 fully saturated rings. The minimum absolute atomic E-state index is 0.838. The van der Waals surface area contributed by atoms with Crippen LogP contribution in [0.3, 0.4) is 0 Å². The van der Waals surface area contributed by atoms with E-state index in [2.05, 4.69) is 10.6 Å². The van der Waals surface area contributed by atoms with Crippen LogP contribution in [0.1, 0.15) is 12.5 Å². The van der Waals surface area contributed by atoms with Gasteiger partial charge in [0.15, 0.2) is 1.41 Å². The van der Waals surface area contributed by atoms with Gasteiger partial charge in [-0.05, 0) is 13.0 Å². The SMILES string of the molecule is [2H]N1NN=C(C)c2ccccc21. The summed E-state index contributed by atoms with van der Waals surface area (Å²) >= 11 is 0. The number of hydrogen-bond acceptors (Lipinski definition) is 3. The lowest BCUT2D eigenvalue weighted by atomic mass is 10.1. The third-order valence-electron chi connectivity index (χ3n) is 1.68. The smallest absolute Gasteiger partial charge is 0.189 e. The average molecular weight is 148 g/mol. The maximum atomic E-state index is 7.46. The highest BCUT2D eigenvalue weighted by atomic mass is 15.6. The summed E-state index contributed by atoms with van der Waals surface area (Å²) in [5, 5.41) is 3.96. The molecule has 2 rings (SSSR count). The van der Waals surface area contributed by atoms with Crippen molar-refractivity contribution in [2.45, 2.75) is 6.92 Å². The third kappa shape index (κ3) is 0.941. The van der Waals surface area contributed by atoms with Gasteiger partial charge in [-0.25, -0.2) is 5.53 Å². The fourth-order valence-electron chi connectivity index (χ4n) is 1.09. The Morgan fingerprint density at radius 3 is 3.09 bits per heavy atom. The van der Waals surface area contributed by atoms with Crippen LogP contribution in [0.2, 0.25) is 1.41 Å². The first kappa shape index (κ1) is 5.18. The van der Waals surface area contributed by atoms with Gasteiger partial charge >= 0.3 is 0 Å². The molecule has 1 aromatic carbocycles. The largest absolute Gasteiger partial charge is 0.284 e. The summed E-state index contributed by atoms with van der Waals surface area (Å²) in [5.74, 6) is 0. The summed E-state index contributed by atoms with van der Waals surface area (Å²) in [6.45, 7) is 1.92. The number of nitrogens with zero attached hydrogens (tertiary/aromatic N) is 1. The van der Waals surface area contributed by atoms with Gasteiger partial charge in [-0.1, -0.05) is 18.2 Å². The highest BCUT2D eigenvalue weighted by Gasteiger charge is 2.07. The van der Waals surface area contributed by atoms with E-state index in [0.29, 0.717) is 0 Å². The van der Waals surface area contributed by atoms with E-state index in [9.17, 15) is 0 Å². The van der Waals surface area contributed by atoms with Crippen LogP contribution < -0.4 is 11.0 Å². The molecular weight excluding hydrogens is 138 g/mol. The van der Waals surface area contributed by atoms with Crippen LogP contribution in [0.5, 0.6) is 0 Å². The summed E-state index contributed by atoms with van der Waals surface area (Å²) in [5.41, 5.74) is 6.49. The molecule has 56 valence electrons. The van der Waals surface area contributed by atoms with Gasteiger partial charge in [-0.3, -0.25) is 5.42 Å². The van der Waals surface area contributed by atoms with E-state index in [1.165, 1.54) is 0 Å². The highest BCUT2D eigenvalue weighted by Crippen LogP contribution is 2.16. The zero-order valence-electron chi connectivity index (χ0n) is 7.20. The number of benzene rings is 1. The van der Waals surface area contributed by atoms with Crippen molar-refractivity contribution < 1.29 is 1.41 Å². The molecule has 1 aromatic rings. The molecule has 0 atom stereocenters. The van der Waals surface area contributed by atoms with Gasteiger partial charge in [-0.15, -0.1) is 0 Å². The molecule has 0 saturated heterocycles. The standard InChI is InChI=1S/C8H9N3/c1-6-7-4-2-3-5-8(7)10-11-9-6/h2-5,10-11H,1H3/i/hD. The van der Waals surface area contributed by atoms with Crippen molar-refractivity contribution in [1.29, 1.82) is 0 Å². The summed E-state index contributed by atoms with van der Waals surface area (Å²) in [6, 6.07) is 7.68. The first-order chi connectivity index (χ1) is 5.79. The van der Waals surface area contributed by atoms with Crippen molar-refractivity contribution in [3.8, 4) is 0 Å². The van der Waals surface area contributed by atoms with Gasteiger partial charge in [0.2, 0.25) is 0 Å². The fraction of sp³-hybridized carbons (Fsp3) is 0.125. The van der Waals surface area contributed by atoms with Crippen molar-refractivity contribution in [3.63, 3.8) is 0 Å². The number of hydrazine groups is 1. The van der Waals surface area contributed by atoms with Crippen molar-refractivity contribution >= 4 is 11.4 Å². The predicted octanol–water partition coefficient (Wildman–Crippen LogP) is 1.34. The number of hydrazone groups is 1. The average Bonchev–Trinajstić information content (AvgIpc) is 2.12. The minimum atomic E-state index is 0.838. The zero-order valence-corrected chi connectivity index (χ0v) is 6.20. The highest BCUT2D eigenvalue weighted by molar-refractivity contribution is 6.04. The van der Waals surface area contributed by atoms with E-state index in [1.54, 1.807) is 0 Å². The number of para-hydroxylation sites is 1. The maximum absolute atomic E-state index is 7.46. The van der Waals surface area contributed by atoms with Crippen LogP contribution >= 0.6 is 0 Å². The van der Waals surface area contributed by atoms with Gasteiger partial charge in [0.25, 0.3) is 0 Å². The lowest BCUT2D eigenvalue weighted by Crippen LogP contribution is -2.23. The van der Waals surface area contributed by atoms with E-state index in [0.717, 1.165) is 22.4 Å². The van der Waals surface area contributed by atoms with Gasteiger partial charge < -0.3 is 0 Å². The Hall–Kier alpha value is -1.51. The van der Waals surface area contributed by atoms with Gasteiger partial charge in [-0.2, -0.15) is 5.10 Å². The second-order valence-corrected chi connectivity index (χ2v) is 2.43. The molecule has 2 N–H and O–H groups in total. The topological polar surface area (TPSA) is 36.4 Å². The summed E-state index contributed by atoms with van der Waals surface area (Å²) in [4.78, 5) is 0. The Bertz CT molecular complexity index is 335. The van der Waals surface area contributed by atoms with Crippen LogP contribution in [0.15, 0.2) is 29.4 Å². The van der Waals surface area contributed by atoms with Crippen LogP contribution in [-0.2, 0) is 0 Å². The predicted molar refractivity (Wildman–Crippen MR) is 45.4 cm³/mol. The first-order valence-corrected chi connectivity index (χ1v) is 3.47. The zero-order chi connectivity index (χ0) is 8.55. The van der Waals surface area contributed by atoms with Crippen LogP contribution in [0, 0.1) is 0 Å². The van der Waals surface area contributed by atoms with Crippen LogP contribution in [0.4, 0.5) is 5.69 Å². The lowest BCUT2D eigenvalue weighted by Gasteiger charge is -2.15. The summed E-state index contributed by atoms with van der Waals surface area (Å²) in [7, 11) is 0. The normalized spacial score (nSPS) is 16.3. The Balaban J connectivity index is 2.58. The van der Waals surface area contributed by atoms with E-state index in [1.807, 2.05) is 31.2 Å². The lowest BCUT2D eigenvalue weighted by molar-refractivity contribution is 0.863. The van der Waals surface area contributed by atoms with E-state index >= 15 is 0 Å². The number of nitrogens with one attached hydrogen (secondary N) is 2. The molecule has 0 spiro atoms. The van der Waals surface area contributed by atoms with Gasteiger partial charge in [0.1, 0.15) is 0 Å². The Morgan fingerprint density at radius 1 is 1.45 bits per heavy atom. The van der Waals surface area contributed by atoms with Crippen molar-refractivity contribution in [2.75, 3.05) is 5.42 Å². The quantitative estimate of drug-likeness (QED) is 0.582. The monoisotopic (exact) mass is 148 g/mol. The molecule has 0 radical (unpaired) electrons. The van der Waals surface area contributed by atoms with Gasteiger partial charge in [0, 0.05) is 5.56 Å². The molecule has 1 aliphatic rings. The molecule has 0 amide bonds. The second kappa shape index (κ2) is 2.27. The summed E-state index contributed by atoms with van der Waals surface area (Å²) < 4.78 is 7.46. The molecule has 1 heterocycles. The van der Waals surface area contributed by atoms with Crippen molar-refractivity contribution in [1.82, 2.24) is 5.53 Å². The molecule has 0 aliphatic carbocycles. The van der Waals surface area contributed by atoms with E-state index in [4.69, 9.17) is 1.41 Å². The number of hydrogen-bond donors (Lipinski definition) is 2. The first-order valence-electron chi connectivity index (χ1n) is 3.92. The fourth-order valence-corrected chi connectivity index (χ4v) is 1.09. The second-order valence-electron chi connectivity index (χ2n) is 2.43. The summed E-state index contributed by atoms with van der Waals surface area (Å²) in [6.07, 6.45) is 0. The molecule has 3 nitrogen and oxygen atoms in total. The van der Waals surface area contributed by atoms with E-state index in [-0.39, 0.29) is 0 Å². The Morgan fingerprint density at radius 2 is 2.27 bits per heavy atom. The molecule has 0 bridgehead atoms. The Labute approximate surface area is 66.6 Å². The number of rotatable bonds is 0. The molecule has 0 aromatic heterocycles. The molecule has 0 unspecified atom stereocenters. The van der Waals surface area contributed by atoms with E-state index < -0.39 is 0 Å². The van der Waals surface area contributed by atoms with Crippen molar-refractivity contribution in [3.05, 3.63) is 29.8 Å². The maximum Gasteiger partial charge on any atom is 0.189 e. The molecular formula is C8H9N3. The Kier molecular flexibility index (Phi) is 1.07. The van der Waals surface area contributed by atoms with Crippen LogP contribution in [-0.4, -0.2) is 5.71 Å². The molecule has 0 saturated carbocycles. The minimum Gasteiger partial charge on any atom is -0.284 e. The van der Waals surface area contributed by atoms with Crippen LogP contribution in [0.25, 0.3) is 0 Å². The molecule has 3 heteroatoms. The third-order valence-corrected chi connectivity index (χ3v) is 1.68.